The van der Waals surface area contributed by atoms with Gasteiger partial charge in [0.15, 0.2) is 6.04 Å². The highest BCUT2D eigenvalue weighted by atomic mass is 16.2. The van der Waals surface area contributed by atoms with Crippen LogP contribution in [0, 0.1) is 0 Å². The molecule has 2 aliphatic rings. The lowest BCUT2D eigenvalue weighted by molar-refractivity contribution is -0.156. The number of hydrogen-bond donors (Lipinski definition) is 0. The van der Waals surface area contributed by atoms with Crippen LogP contribution < -0.4 is 5.01 Å². The van der Waals surface area contributed by atoms with Gasteiger partial charge in [-0.25, -0.2) is 4.79 Å². The van der Waals surface area contributed by atoms with E-state index < -0.39 is 0 Å². The molecular weight excluding hydrogens is 240 g/mol. The Balaban J connectivity index is 2.17. The molecule has 4 heteroatoms. The standard InChI is InChI=1S/C15H26N2O2/c1-12(18)16(14-8-4-3-5-9-14)17(13(2)19)15-10-6-7-11-15/h14-15H,3-11H2,1-2H3/q+1. The van der Waals surface area contributed by atoms with Gasteiger partial charge in [0.2, 0.25) is 0 Å². The molecular formula is C15H26N2O2+. The third kappa shape index (κ3) is 3.35. The number of rotatable bonds is 2. The van der Waals surface area contributed by atoms with Crippen LogP contribution in [0.2, 0.25) is 0 Å². The van der Waals surface area contributed by atoms with E-state index in [0.717, 1.165) is 25.7 Å². The van der Waals surface area contributed by atoms with E-state index in [0.29, 0.717) is 0 Å². The van der Waals surface area contributed by atoms with E-state index in [2.05, 4.69) is 0 Å². The van der Waals surface area contributed by atoms with Crippen LogP contribution in [-0.4, -0.2) is 28.9 Å². The fraction of sp³-hybridized carbons (Fsp3) is 0.867. The van der Waals surface area contributed by atoms with E-state index in [1.807, 2.05) is 0 Å². The van der Waals surface area contributed by atoms with Gasteiger partial charge >= 0.3 is 5.91 Å². The number of hydrazine groups is 1. The summed E-state index contributed by atoms with van der Waals surface area (Å²) >= 11 is 0. The van der Waals surface area contributed by atoms with Crippen LogP contribution in [0.3, 0.4) is 0 Å². The smallest absolute Gasteiger partial charge is 0.270 e. The molecule has 0 aliphatic heterocycles. The van der Waals surface area contributed by atoms with E-state index in [1.165, 1.54) is 32.1 Å². The molecule has 0 bridgehead atoms. The largest absolute Gasteiger partial charge is 0.386 e. The molecule has 2 aliphatic carbocycles. The van der Waals surface area contributed by atoms with Gasteiger partial charge in [0, 0.05) is 24.8 Å². The van der Waals surface area contributed by atoms with Crippen LogP contribution in [-0.2, 0) is 9.59 Å². The zero-order chi connectivity index (χ0) is 13.8. The predicted molar refractivity (Wildman–Crippen MR) is 74.5 cm³/mol. The third-order valence-electron chi connectivity index (χ3n) is 4.47. The molecule has 2 amide bonds. The average Bonchev–Trinajstić information content (AvgIpc) is 2.89. The normalized spacial score (nSPS) is 21.8. The molecule has 0 saturated heterocycles. The fourth-order valence-corrected chi connectivity index (χ4v) is 3.64. The summed E-state index contributed by atoms with van der Waals surface area (Å²) in [4.78, 5) is 24.1. The maximum atomic E-state index is 12.1. The van der Waals surface area contributed by atoms with Gasteiger partial charge in [0.25, 0.3) is 5.91 Å². The molecule has 0 heterocycles. The molecule has 1 radical (unpaired) electrons. The van der Waals surface area contributed by atoms with Crippen molar-refractivity contribution in [3.8, 4) is 0 Å². The minimum atomic E-state index is 0.0210. The molecule has 19 heavy (non-hydrogen) atoms. The highest BCUT2D eigenvalue weighted by Crippen LogP contribution is 2.28. The number of carbonyl (C=O) groups excluding carboxylic acids is 2. The lowest BCUT2D eigenvalue weighted by Gasteiger charge is -2.32. The monoisotopic (exact) mass is 266 g/mol. The quantitative estimate of drug-likeness (QED) is 0.570. The van der Waals surface area contributed by atoms with Crippen LogP contribution >= 0.6 is 0 Å². The van der Waals surface area contributed by atoms with Crippen molar-refractivity contribution in [2.24, 2.45) is 0 Å². The second-order valence-electron chi connectivity index (χ2n) is 5.96. The van der Waals surface area contributed by atoms with Crippen LogP contribution in [0.4, 0.5) is 0 Å². The van der Waals surface area contributed by atoms with Crippen molar-refractivity contribution in [1.29, 1.82) is 0 Å². The van der Waals surface area contributed by atoms with Gasteiger partial charge in [-0.05, 0) is 25.7 Å². The number of carbonyl (C=O) groups is 2. The minimum Gasteiger partial charge on any atom is -0.270 e. The van der Waals surface area contributed by atoms with Crippen molar-refractivity contribution in [2.75, 3.05) is 0 Å². The van der Waals surface area contributed by atoms with Crippen LogP contribution in [0.25, 0.3) is 0 Å². The zero-order valence-electron chi connectivity index (χ0n) is 12.2. The Morgan fingerprint density at radius 1 is 0.895 bits per heavy atom. The first-order valence-corrected chi connectivity index (χ1v) is 7.70. The molecule has 2 rings (SSSR count). The van der Waals surface area contributed by atoms with Gasteiger partial charge in [-0.3, -0.25) is 4.79 Å². The molecule has 0 aromatic heterocycles. The molecule has 107 valence electrons. The van der Waals surface area contributed by atoms with Crippen molar-refractivity contribution in [3.05, 3.63) is 0 Å². The van der Waals surface area contributed by atoms with Crippen LogP contribution in [0.5, 0.6) is 0 Å². The molecule has 0 N–H and O–H groups in total. The van der Waals surface area contributed by atoms with Crippen molar-refractivity contribution in [2.45, 2.75) is 83.7 Å². The summed E-state index contributed by atoms with van der Waals surface area (Å²) in [6, 6.07) is 0.471. The van der Waals surface area contributed by atoms with Gasteiger partial charge in [-0.1, -0.05) is 19.3 Å². The highest BCUT2D eigenvalue weighted by molar-refractivity contribution is 5.82. The fourth-order valence-electron chi connectivity index (χ4n) is 3.64. The van der Waals surface area contributed by atoms with Crippen molar-refractivity contribution < 1.29 is 9.59 Å². The Morgan fingerprint density at radius 3 is 1.89 bits per heavy atom. The second-order valence-corrected chi connectivity index (χ2v) is 5.96. The van der Waals surface area contributed by atoms with Gasteiger partial charge < -0.3 is 0 Å². The summed E-state index contributed by atoms with van der Waals surface area (Å²) in [5.41, 5.74) is 0. The molecule has 2 saturated carbocycles. The van der Waals surface area contributed by atoms with E-state index in [4.69, 9.17) is 0 Å². The molecule has 0 aromatic carbocycles. The first-order valence-electron chi connectivity index (χ1n) is 7.70. The first kappa shape index (κ1) is 14.5. The van der Waals surface area contributed by atoms with E-state index in [-0.39, 0.29) is 23.9 Å². The maximum absolute atomic E-state index is 12.1. The van der Waals surface area contributed by atoms with Gasteiger partial charge in [-0.15, -0.1) is 5.01 Å². The SMILES string of the molecule is CC(=O)N(C1CCCC1)[N+](C(C)=O)C1CCCCC1. The van der Waals surface area contributed by atoms with E-state index in [1.54, 1.807) is 23.9 Å². The highest BCUT2D eigenvalue weighted by Gasteiger charge is 2.45. The van der Waals surface area contributed by atoms with Crippen LogP contribution in [0.1, 0.15) is 71.6 Å². The maximum Gasteiger partial charge on any atom is 0.386 e. The Morgan fingerprint density at radius 2 is 1.42 bits per heavy atom. The predicted octanol–water partition coefficient (Wildman–Crippen LogP) is 2.71. The van der Waals surface area contributed by atoms with Gasteiger partial charge in [0.1, 0.15) is 0 Å². The number of nitrogens with zero attached hydrogens (tertiary/aromatic N) is 2. The summed E-state index contributed by atoms with van der Waals surface area (Å²) in [5, 5.41) is 3.57. The Bertz CT molecular complexity index is 331. The summed E-state index contributed by atoms with van der Waals surface area (Å²) < 4.78 is 0. The van der Waals surface area contributed by atoms with Crippen molar-refractivity contribution >= 4 is 11.8 Å². The summed E-state index contributed by atoms with van der Waals surface area (Å²) in [7, 11) is 0. The van der Waals surface area contributed by atoms with Gasteiger partial charge in [0.05, 0.1) is 13.0 Å². The molecule has 2 fully saturated rings. The number of hydrogen-bond acceptors (Lipinski definition) is 2. The van der Waals surface area contributed by atoms with Crippen molar-refractivity contribution in [3.63, 3.8) is 0 Å². The lowest BCUT2D eigenvalue weighted by Crippen LogP contribution is -2.61. The number of amides is 2. The third-order valence-corrected chi connectivity index (χ3v) is 4.47. The minimum absolute atomic E-state index is 0.0210. The van der Waals surface area contributed by atoms with Crippen LogP contribution in [0.15, 0.2) is 0 Å². The molecule has 0 spiro atoms. The average molecular weight is 266 g/mol. The summed E-state index contributed by atoms with van der Waals surface area (Å²) in [6.07, 6.45) is 10.1. The van der Waals surface area contributed by atoms with E-state index in [9.17, 15) is 9.59 Å². The summed E-state index contributed by atoms with van der Waals surface area (Å²) in [6.45, 7) is 3.19. The molecule has 0 unspecified atom stereocenters. The second kappa shape index (κ2) is 6.51. The summed E-state index contributed by atoms with van der Waals surface area (Å²) in [5.74, 6) is 0.0432. The first-order chi connectivity index (χ1) is 9.11. The topological polar surface area (TPSA) is 43.3 Å². The lowest BCUT2D eigenvalue weighted by atomic mass is 9.95. The van der Waals surface area contributed by atoms with E-state index >= 15 is 0 Å². The molecule has 0 aromatic rings. The van der Waals surface area contributed by atoms with Gasteiger partial charge in [-0.2, -0.15) is 0 Å². The zero-order valence-corrected chi connectivity index (χ0v) is 12.2. The molecule has 4 nitrogen and oxygen atoms in total. The molecule has 0 atom stereocenters. The van der Waals surface area contributed by atoms with Crippen molar-refractivity contribution in [1.82, 2.24) is 10.0 Å². The Kier molecular flexibility index (Phi) is 4.97. The Hall–Kier alpha value is -0.900. The Labute approximate surface area is 116 Å².